The molecule has 0 radical (unpaired) electrons. The molecule has 0 atom stereocenters. The molecule has 13 nitrogen and oxygen atoms in total. The summed E-state index contributed by atoms with van der Waals surface area (Å²) in [6, 6.07) is 0. The van der Waals surface area contributed by atoms with Gasteiger partial charge in [-0.1, -0.05) is 13.3 Å². The number of unbranched alkanes of at least 4 members (excludes halogenated alkanes) is 4. The van der Waals surface area contributed by atoms with E-state index >= 15 is 0 Å². The Kier molecular flexibility index (Phi) is 28.5. The van der Waals surface area contributed by atoms with Crippen molar-refractivity contribution in [3.8, 4) is 0 Å². The van der Waals surface area contributed by atoms with Crippen molar-refractivity contribution in [1.82, 2.24) is 19.6 Å². The Bertz CT molecular complexity index is 739. The van der Waals surface area contributed by atoms with Crippen LogP contribution in [0.5, 0.6) is 0 Å². The molecule has 0 aromatic carbocycles. The first-order chi connectivity index (χ1) is 22.1. The van der Waals surface area contributed by atoms with Crippen LogP contribution in [0.2, 0.25) is 0 Å². The van der Waals surface area contributed by atoms with E-state index in [1.807, 2.05) is 28.2 Å². The van der Waals surface area contributed by atoms with Crippen molar-refractivity contribution in [2.24, 2.45) is 0 Å². The number of nitrogens with zero attached hydrogens (tertiary/aromatic N) is 4. The normalized spacial score (nSPS) is 11.4. The topological polar surface area (TPSA) is 127 Å². The lowest BCUT2D eigenvalue weighted by molar-refractivity contribution is -0.145. The summed E-state index contributed by atoms with van der Waals surface area (Å²) in [6.45, 7) is 9.69. The number of esters is 4. The zero-order valence-electron chi connectivity index (χ0n) is 29.7. The molecular formula is C33H64N4O9. The molecule has 46 heavy (non-hydrogen) atoms. The fraction of sp³-hybridized carbons (Fsp3) is 0.879. The Morgan fingerprint density at radius 1 is 0.413 bits per heavy atom. The first-order valence-corrected chi connectivity index (χ1v) is 16.9. The van der Waals surface area contributed by atoms with Gasteiger partial charge in [0.15, 0.2) is 0 Å². The van der Waals surface area contributed by atoms with Crippen LogP contribution >= 0.6 is 0 Å². The quantitative estimate of drug-likeness (QED) is 0.0614. The number of ether oxygens (including phenoxy) is 5. The highest BCUT2D eigenvalue weighted by molar-refractivity contribution is 5.70. The smallest absolute Gasteiger partial charge is 0.307 e. The van der Waals surface area contributed by atoms with Crippen molar-refractivity contribution in [3.05, 3.63) is 0 Å². The fourth-order valence-electron chi connectivity index (χ4n) is 4.05. The molecule has 0 amide bonds. The standard InChI is InChI=1S/C33H64N4O9/c1-7-8-25-43-30(38)13-17-34(2)21-22-35(3)18-14-31(39)44-26-11-9-10-12-27-45-32(40)15-19-36(4)23-24-37(5)20-16-33(41)46-29-28-42-6/h7-29H2,1-6H3. The molecule has 0 saturated carbocycles. The maximum atomic E-state index is 12.1. The number of carbonyl (C=O) groups is 4. The molecule has 0 unspecified atom stereocenters. The van der Waals surface area contributed by atoms with E-state index in [1.165, 1.54) is 0 Å². The van der Waals surface area contributed by atoms with Gasteiger partial charge >= 0.3 is 23.9 Å². The Hall–Kier alpha value is -2.32. The van der Waals surface area contributed by atoms with E-state index in [1.54, 1.807) is 7.11 Å². The molecule has 13 heteroatoms. The SMILES string of the molecule is CCCCOC(=O)CCN(C)CCN(C)CCC(=O)OCCCCCCOC(=O)CCN(C)CCN(C)CCC(=O)OCCOC. The highest BCUT2D eigenvalue weighted by Gasteiger charge is 2.11. The zero-order chi connectivity index (χ0) is 34.4. The average molecular weight is 661 g/mol. The first-order valence-electron chi connectivity index (χ1n) is 16.9. The number of hydrogen-bond acceptors (Lipinski definition) is 13. The third kappa shape index (κ3) is 29.1. The minimum Gasteiger partial charge on any atom is -0.466 e. The monoisotopic (exact) mass is 660 g/mol. The summed E-state index contributed by atoms with van der Waals surface area (Å²) < 4.78 is 25.8. The van der Waals surface area contributed by atoms with Crippen LogP contribution in [-0.2, 0) is 42.9 Å². The minimum absolute atomic E-state index is 0.153. The van der Waals surface area contributed by atoms with Crippen LogP contribution in [-0.4, -0.2) is 164 Å². The molecule has 0 N–H and O–H groups in total. The van der Waals surface area contributed by atoms with Crippen molar-refractivity contribution in [1.29, 1.82) is 0 Å². The van der Waals surface area contributed by atoms with Crippen LogP contribution in [0.3, 0.4) is 0 Å². The highest BCUT2D eigenvalue weighted by atomic mass is 16.6. The van der Waals surface area contributed by atoms with Crippen LogP contribution in [0.25, 0.3) is 0 Å². The highest BCUT2D eigenvalue weighted by Crippen LogP contribution is 2.03. The molecule has 0 bridgehead atoms. The number of carbonyl (C=O) groups excluding carboxylic acids is 4. The van der Waals surface area contributed by atoms with Gasteiger partial charge in [-0.05, 0) is 60.3 Å². The van der Waals surface area contributed by atoms with Crippen molar-refractivity contribution in [2.45, 2.75) is 71.1 Å². The molecule has 270 valence electrons. The van der Waals surface area contributed by atoms with Gasteiger partial charge in [0.2, 0.25) is 0 Å². The predicted octanol–water partition coefficient (Wildman–Crippen LogP) is 2.45. The van der Waals surface area contributed by atoms with Gasteiger partial charge in [-0.3, -0.25) is 19.2 Å². The van der Waals surface area contributed by atoms with Crippen LogP contribution < -0.4 is 0 Å². The Morgan fingerprint density at radius 2 is 0.717 bits per heavy atom. The molecule has 0 fully saturated rings. The second-order valence-electron chi connectivity index (χ2n) is 11.9. The maximum absolute atomic E-state index is 12.1. The Balaban J connectivity index is 3.68. The van der Waals surface area contributed by atoms with Gasteiger partial charge in [-0.15, -0.1) is 0 Å². The predicted molar refractivity (Wildman–Crippen MR) is 178 cm³/mol. The Labute approximate surface area is 278 Å². The molecule has 0 aliphatic rings. The summed E-state index contributed by atoms with van der Waals surface area (Å²) in [5.41, 5.74) is 0. The van der Waals surface area contributed by atoms with Gasteiger partial charge in [-0.2, -0.15) is 0 Å². The van der Waals surface area contributed by atoms with Crippen molar-refractivity contribution < 1.29 is 42.9 Å². The second kappa shape index (κ2) is 30.0. The summed E-state index contributed by atoms with van der Waals surface area (Å²) in [6.07, 6.45) is 6.70. The third-order valence-corrected chi connectivity index (χ3v) is 7.39. The summed E-state index contributed by atoms with van der Waals surface area (Å²) in [5, 5.41) is 0. The molecule has 0 saturated heterocycles. The summed E-state index contributed by atoms with van der Waals surface area (Å²) >= 11 is 0. The van der Waals surface area contributed by atoms with E-state index < -0.39 is 0 Å². The van der Waals surface area contributed by atoms with Crippen molar-refractivity contribution in [3.63, 3.8) is 0 Å². The summed E-state index contributed by atoms with van der Waals surface area (Å²) in [4.78, 5) is 55.8. The zero-order valence-corrected chi connectivity index (χ0v) is 29.7. The van der Waals surface area contributed by atoms with Gasteiger partial charge in [0.25, 0.3) is 0 Å². The van der Waals surface area contributed by atoms with Crippen LogP contribution in [0.1, 0.15) is 71.1 Å². The third-order valence-electron chi connectivity index (χ3n) is 7.39. The molecule has 0 spiro atoms. The van der Waals surface area contributed by atoms with E-state index in [2.05, 4.69) is 26.5 Å². The molecule has 0 aromatic heterocycles. The van der Waals surface area contributed by atoms with Crippen LogP contribution in [0, 0.1) is 0 Å². The van der Waals surface area contributed by atoms with E-state index in [0.29, 0.717) is 78.3 Å². The molecule has 0 rings (SSSR count). The van der Waals surface area contributed by atoms with Gasteiger partial charge in [-0.25, -0.2) is 0 Å². The second-order valence-corrected chi connectivity index (χ2v) is 11.9. The number of rotatable bonds is 31. The molecule has 0 aliphatic heterocycles. The lowest BCUT2D eigenvalue weighted by Crippen LogP contribution is -2.33. The van der Waals surface area contributed by atoms with Gasteiger partial charge in [0, 0.05) is 59.5 Å². The number of likely N-dealkylation sites (N-methyl/N-ethyl adjacent to an activating group) is 4. The maximum Gasteiger partial charge on any atom is 0.307 e. The van der Waals surface area contributed by atoms with Crippen molar-refractivity contribution in [2.75, 3.05) is 121 Å². The molecule has 0 heterocycles. The lowest BCUT2D eigenvalue weighted by Gasteiger charge is -2.21. The number of hydrogen-bond donors (Lipinski definition) is 0. The van der Waals surface area contributed by atoms with Gasteiger partial charge < -0.3 is 43.3 Å². The average Bonchev–Trinajstić information content (AvgIpc) is 3.03. The van der Waals surface area contributed by atoms with E-state index in [-0.39, 0.29) is 30.5 Å². The van der Waals surface area contributed by atoms with Gasteiger partial charge in [0.1, 0.15) is 6.61 Å². The molecule has 0 aliphatic carbocycles. The molecular weight excluding hydrogens is 596 g/mol. The van der Waals surface area contributed by atoms with E-state index in [9.17, 15) is 19.2 Å². The Morgan fingerprint density at radius 3 is 1.02 bits per heavy atom. The van der Waals surface area contributed by atoms with E-state index in [0.717, 1.165) is 64.7 Å². The first kappa shape index (κ1) is 43.7. The lowest BCUT2D eigenvalue weighted by atomic mass is 10.2. The summed E-state index contributed by atoms with van der Waals surface area (Å²) in [5.74, 6) is -0.781. The largest absolute Gasteiger partial charge is 0.466 e. The summed E-state index contributed by atoms with van der Waals surface area (Å²) in [7, 11) is 9.43. The number of methoxy groups -OCH3 is 1. The van der Waals surface area contributed by atoms with Gasteiger partial charge in [0.05, 0.1) is 52.1 Å². The van der Waals surface area contributed by atoms with Crippen LogP contribution in [0.15, 0.2) is 0 Å². The van der Waals surface area contributed by atoms with E-state index in [4.69, 9.17) is 23.7 Å². The van der Waals surface area contributed by atoms with Crippen LogP contribution in [0.4, 0.5) is 0 Å². The minimum atomic E-state index is -0.231. The fourth-order valence-corrected chi connectivity index (χ4v) is 4.05. The van der Waals surface area contributed by atoms with Crippen molar-refractivity contribution >= 4 is 23.9 Å². The molecule has 0 aromatic rings.